The summed E-state index contributed by atoms with van der Waals surface area (Å²) >= 11 is 0. The quantitative estimate of drug-likeness (QED) is 0.328. The van der Waals surface area contributed by atoms with E-state index in [-0.39, 0.29) is 53.1 Å². The zero-order valence-electron chi connectivity index (χ0n) is 19.2. The van der Waals surface area contributed by atoms with Gasteiger partial charge in [-0.15, -0.1) is 0 Å². The number of azide groups is 1. The Kier molecular flexibility index (Phi) is 6.08. The van der Waals surface area contributed by atoms with Gasteiger partial charge < -0.3 is 15.3 Å². The monoisotopic (exact) mass is 433 g/mol. The lowest BCUT2D eigenvalue weighted by atomic mass is 9.43. The zero-order chi connectivity index (χ0) is 22.6. The summed E-state index contributed by atoms with van der Waals surface area (Å²) in [5, 5.41) is 36.0. The van der Waals surface area contributed by atoms with Crippen molar-refractivity contribution in [3.05, 3.63) is 10.4 Å². The number of carboxylic acids is 1. The minimum absolute atomic E-state index is 0.0246. The van der Waals surface area contributed by atoms with E-state index in [1.165, 1.54) is 0 Å². The number of fused-ring (bicyclic) bond motifs is 5. The fourth-order valence-corrected chi connectivity index (χ4v) is 8.86. The molecule has 4 aliphatic rings. The molecule has 0 amide bonds. The van der Waals surface area contributed by atoms with Crippen LogP contribution in [0.15, 0.2) is 5.11 Å². The van der Waals surface area contributed by atoms with Crippen LogP contribution < -0.4 is 0 Å². The summed E-state index contributed by atoms with van der Waals surface area (Å²) in [5.74, 6) is 0.884. The van der Waals surface area contributed by atoms with Crippen molar-refractivity contribution in [1.82, 2.24) is 0 Å². The second-order valence-corrected chi connectivity index (χ2v) is 11.6. The van der Waals surface area contributed by atoms with E-state index in [0.29, 0.717) is 18.3 Å². The first-order valence-electron chi connectivity index (χ1n) is 12.2. The Morgan fingerprint density at radius 1 is 1.16 bits per heavy atom. The normalized spacial score (nSPS) is 49.8. The molecule has 0 aromatic rings. The molecule has 4 fully saturated rings. The molecular formula is C24H39N3O4. The Morgan fingerprint density at radius 2 is 1.90 bits per heavy atom. The predicted molar refractivity (Wildman–Crippen MR) is 117 cm³/mol. The second kappa shape index (κ2) is 8.24. The lowest BCUT2D eigenvalue weighted by molar-refractivity contribution is -0.202. The Hall–Kier alpha value is -1.30. The maximum atomic E-state index is 11.5. The van der Waals surface area contributed by atoms with Gasteiger partial charge in [0.2, 0.25) is 0 Å². The second-order valence-electron chi connectivity index (χ2n) is 11.6. The molecule has 7 heteroatoms. The van der Waals surface area contributed by atoms with E-state index in [1.807, 2.05) is 0 Å². The Morgan fingerprint density at radius 3 is 2.58 bits per heavy atom. The Labute approximate surface area is 185 Å². The van der Waals surface area contributed by atoms with Crippen LogP contribution in [-0.4, -0.2) is 39.5 Å². The van der Waals surface area contributed by atoms with Gasteiger partial charge in [-0.25, -0.2) is 0 Å². The number of nitrogens with zero attached hydrogens (tertiary/aromatic N) is 3. The molecule has 31 heavy (non-hydrogen) atoms. The van der Waals surface area contributed by atoms with Crippen LogP contribution in [0.5, 0.6) is 0 Å². The summed E-state index contributed by atoms with van der Waals surface area (Å²) in [5.41, 5.74) is 8.68. The first-order chi connectivity index (χ1) is 14.6. The molecule has 0 spiro atoms. The largest absolute Gasteiger partial charge is 0.481 e. The van der Waals surface area contributed by atoms with E-state index in [4.69, 9.17) is 10.6 Å². The minimum atomic E-state index is -0.756. The maximum Gasteiger partial charge on any atom is 0.303 e. The average molecular weight is 434 g/mol. The number of hydrogen-bond acceptors (Lipinski definition) is 4. The number of carbonyl (C=O) groups is 1. The predicted octanol–water partition coefficient (Wildman–Crippen LogP) is 4.77. The van der Waals surface area contributed by atoms with E-state index >= 15 is 0 Å². The molecule has 6 unspecified atom stereocenters. The summed E-state index contributed by atoms with van der Waals surface area (Å²) in [4.78, 5) is 14.1. The van der Waals surface area contributed by atoms with Gasteiger partial charge in [-0.2, -0.15) is 0 Å². The van der Waals surface area contributed by atoms with Crippen molar-refractivity contribution in [2.45, 2.75) is 96.8 Å². The van der Waals surface area contributed by atoms with E-state index in [0.717, 1.165) is 44.9 Å². The lowest BCUT2D eigenvalue weighted by Gasteiger charge is -2.63. The molecule has 4 rings (SSSR count). The molecule has 0 heterocycles. The molecule has 11 atom stereocenters. The van der Waals surface area contributed by atoms with Gasteiger partial charge in [-0.1, -0.05) is 25.9 Å². The Bertz CT molecular complexity index is 755. The van der Waals surface area contributed by atoms with Gasteiger partial charge in [-0.3, -0.25) is 4.79 Å². The summed E-state index contributed by atoms with van der Waals surface area (Å²) < 4.78 is 0. The van der Waals surface area contributed by atoms with Gasteiger partial charge in [0.25, 0.3) is 0 Å². The molecular weight excluding hydrogens is 394 g/mol. The topological polar surface area (TPSA) is 127 Å². The summed E-state index contributed by atoms with van der Waals surface area (Å²) in [6, 6.07) is 0.0246. The zero-order valence-corrected chi connectivity index (χ0v) is 19.2. The van der Waals surface area contributed by atoms with Crippen LogP contribution in [0.25, 0.3) is 10.4 Å². The standard InChI is InChI=1S/C24H39N3O4/c1-13(4-7-21(30)31)16-5-6-17-22-18(12-20(29)24(16,17)3)23(2)9-8-15(26-27-25)10-14(23)11-19(22)28/h13-20,22,28-29H,4-12H2,1-3H3,(H,30,31)/t13?,14?,15-,16-,17?,18?,19?,20+,22?,23+,24-/m1/s1. The van der Waals surface area contributed by atoms with Crippen molar-refractivity contribution in [3.63, 3.8) is 0 Å². The van der Waals surface area contributed by atoms with Crippen LogP contribution in [0, 0.1) is 46.3 Å². The van der Waals surface area contributed by atoms with Crippen molar-refractivity contribution in [2.24, 2.45) is 51.5 Å². The van der Waals surface area contributed by atoms with Gasteiger partial charge in [0, 0.05) is 17.4 Å². The van der Waals surface area contributed by atoms with Gasteiger partial charge >= 0.3 is 5.97 Å². The maximum absolute atomic E-state index is 11.5. The van der Waals surface area contributed by atoms with Crippen molar-refractivity contribution >= 4 is 5.97 Å². The highest BCUT2D eigenvalue weighted by atomic mass is 16.4. The number of hydrogen-bond donors (Lipinski definition) is 3. The highest BCUT2D eigenvalue weighted by molar-refractivity contribution is 5.66. The number of aliphatic hydroxyl groups excluding tert-OH is 2. The van der Waals surface area contributed by atoms with Gasteiger partial charge in [0.15, 0.2) is 0 Å². The van der Waals surface area contributed by atoms with Crippen molar-refractivity contribution in [2.75, 3.05) is 0 Å². The summed E-state index contributed by atoms with van der Waals surface area (Å²) in [7, 11) is 0. The van der Waals surface area contributed by atoms with Crippen LogP contribution >= 0.6 is 0 Å². The van der Waals surface area contributed by atoms with Gasteiger partial charge in [0.1, 0.15) is 0 Å². The first kappa shape index (κ1) is 22.9. The fourth-order valence-electron chi connectivity index (χ4n) is 8.86. The molecule has 0 saturated heterocycles. The van der Waals surface area contributed by atoms with Crippen molar-refractivity contribution in [1.29, 1.82) is 0 Å². The van der Waals surface area contributed by atoms with Gasteiger partial charge in [-0.05, 0) is 103 Å². The highest BCUT2D eigenvalue weighted by Crippen LogP contribution is 2.68. The number of aliphatic hydroxyl groups is 2. The van der Waals surface area contributed by atoms with Crippen LogP contribution in [0.4, 0.5) is 0 Å². The SMILES string of the molecule is CC(CCC(=O)O)[C@H]1CCC2C3C(O)CC4C[C@H](N=[N+]=[N-])CC[C@]4(C)C3C[C@H](O)[C@@]21C. The third-order valence-electron chi connectivity index (χ3n) is 10.5. The fraction of sp³-hybridized carbons (Fsp3) is 0.958. The Balaban J connectivity index is 1.59. The molecule has 3 N–H and O–H groups in total. The van der Waals surface area contributed by atoms with Crippen LogP contribution in [-0.2, 0) is 4.79 Å². The molecule has 0 aliphatic heterocycles. The van der Waals surface area contributed by atoms with E-state index in [9.17, 15) is 15.0 Å². The number of carboxylic acid groups (broad SMARTS) is 1. The van der Waals surface area contributed by atoms with Gasteiger partial charge in [0.05, 0.1) is 12.2 Å². The molecule has 7 nitrogen and oxygen atoms in total. The smallest absolute Gasteiger partial charge is 0.303 e. The summed E-state index contributed by atoms with van der Waals surface area (Å²) in [6.45, 7) is 6.71. The average Bonchev–Trinajstić information content (AvgIpc) is 3.07. The third-order valence-corrected chi connectivity index (χ3v) is 10.5. The molecule has 0 aromatic carbocycles. The van der Waals surface area contributed by atoms with Crippen molar-refractivity contribution in [3.8, 4) is 0 Å². The molecule has 0 radical (unpaired) electrons. The molecule has 4 saturated carbocycles. The van der Waals surface area contributed by atoms with E-state index < -0.39 is 12.1 Å². The molecule has 0 aromatic heterocycles. The van der Waals surface area contributed by atoms with Crippen LogP contribution in [0.1, 0.15) is 78.6 Å². The number of rotatable bonds is 5. The molecule has 174 valence electrons. The lowest BCUT2D eigenvalue weighted by Crippen LogP contribution is -2.62. The molecule has 4 aliphatic carbocycles. The van der Waals surface area contributed by atoms with Crippen LogP contribution in [0.2, 0.25) is 0 Å². The molecule has 0 bridgehead atoms. The van der Waals surface area contributed by atoms with E-state index in [1.54, 1.807) is 0 Å². The third kappa shape index (κ3) is 3.57. The van der Waals surface area contributed by atoms with Crippen LogP contribution in [0.3, 0.4) is 0 Å². The first-order valence-corrected chi connectivity index (χ1v) is 12.2. The van der Waals surface area contributed by atoms with Crippen molar-refractivity contribution < 1.29 is 20.1 Å². The van der Waals surface area contributed by atoms with E-state index in [2.05, 4.69) is 30.8 Å². The summed E-state index contributed by atoms with van der Waals surface area (Å²) in [6.07, 6.45) is 6.24. The number of aliphatic carboxylic acids is 1. The highest BCUT2D eigenvalue weighted by Gasteiger charge is 2.65. The minimum Gasteiger partial charge on any atom is -0.481 e.